The first-order valence-corrected chi connectivity index (χ1v) is 4.36. The second-order valence-corrected chi connectivity index (χ2v) is 3.08. The summed E-state index contributed by atoms with van der Waals surface area (Å²) in [5.41, 5.74) is 4.09. The van der Waals surface area contributed by atoms with E-state index in [-0.39, 0.29) is 0 Å². The predicted molar refractivity (Wildman–Crippen MR) is 53.5 cm³/mol. The van der Waals surface area contributed by atoms with Crippen molar-refractivity contribution in [2.45, 2.75) is 6.54 Å². The third kappa shape index (κ3) is 1.57. The molecule has 0 radical (unpaired) electrons. The van der Waals surface area contributed by atoms with Crippen molar-refractivity contribution in [1.29, 1.82) is 0 Å². The van der Waals surface area contributed by atoms with Crippen molar-refractivity contribution in [3.8, 4) is 5.75 Å². The fourth-order valence-electron chi connectivity index (χ4n) is 1.48. The molecule has 2 rings (SSSR count). The van der Waals surface area contributed by atoms with Crippen molar-refractivity contribution in [2.24, 2.45) is 0 Å². The first-order chi connectivity index (χ1) is 6.83. The molecule has 0 atom stereocenters. The summed E-state index contributed by atoms with van der Waals surface area (Å²) in [5.74, 6) is 0.833. The van der Waals surface area contributed by atoms with Crippen LogP contribution in [0, 0.1) is 0 Å². The molecule has 74 valence electrons. The zero-order valence-electron chi connectivity index (χ0n) is 7.87. The predicted octanol–water partition coefficient (Wildman–Crippen LogP) is 1.66. The lowest BCUT2D eigenvalue weighted by atomic mass is 10.2. The molecule has 0 aliphatic carbocycles. The van der Waals surface area contributed by atoms with Gasteiger partial charge in [0, 0.05) is 16.6 Å². The Morgan fingerprint density at radius 3 is 3.00 bits per heavy atom. The Morgan fingerprint density at radius 1 is 1.43 bits per heavy atom. The van der Waals surface area contributed by atoms with Gasteiger partial charge in [0.2, 0.25) is 0 Å². The van der Waals surface area contributed by atoms with Crippen LogP contribution >= 0.6 is 0 Å². The second-order valence-electron chi connectivity index (χ2n) is 3.08. The van der Waals surface area contributed by atoms with Gasteiger partial charge in [-0.25, -0.2) is 0 Å². The van der Waals surface area contributed by atoms with Crippen LogP contribution in [0.25, 0.3) is 10.9 Å². The number of ether oxygens (including phenoxy) is 1. The number of fused-ring (bicyclic) bond motifs is 1. The summed E-state index contributed by atoms with van der Waals surface area (Å²) in [6, 6.07) is 7.78. The van der Waals surface area contributed by atoms with Crippen molar-refractivity contribution in [3.05, 3.63) is 30.0 Å². The monoisotopic (exact) mass is 192 g/mol. The maximum Gasteiger partial charge on any atom is 0.119 e. The summed E-state index contributed by atoms with van der Waals surface area (Å²) in [5, 5.41) is 9.63. The van der Waals surface area contributed by atoms with Gasteiger partial charge in [-0.2, -0.15) is 5.48 Å². The van der Waals surface area contributed by atoms with Crippen molar-refractivity contribution >= 4 is 10.9 Å². The first-order valence-electron chi connectivity index (χ1n) is 4.36. The Bertz CT molecular complexity index is 437. The number of hydrogen-bond donors (Lipinski definition) is 3. The van der Waals surface area contributed by atoms with Gasteiger partial charge in [0.15, 0.2) is 0 Å². The number of H-pyrrole nitrogens is 1. The molecule has 0 saturated carbocycles. The molecule has 1 heterocycles. The van der Waals surface area contributed by atoms with E-state index in [9.17, 15) is 0 Å². The molecule has 14 heavy (non-hydrogen) atoms. The van der Waals surface area contributed by atoms with Gasteiger partial charge in [-0.05, 0) is 24.3 Å². The van der Waals surface area contributed by atoms with Gasteiger partial charge in [-0.15, -0.1) is 0 Å². The molecule has 0 unspecified atom stereocenters. The number of rotatable bonds is 3. The van der Waals surface area contributed by atoms with Crippen molar-refractivity contribution < 1.29 is 9.94 Å². The molecule has 0 bridgehead atoms. The Hall–Kier alpha value is -1.52. The fourth-order valence-corrected chi connectivity index (χ4v) is 1.48. The molecule has 1 aromatic carbocycles. The molecule has 0 amide bonds. The van der Waals surface area contributed by atoms with Gasteiger partial charge in [0.25, 0.3) is 0 Å². The fraction of sp³-hybridized carbons (Fsp3) is 0.200. The summed E-state index contributed by atoms with van der Waals surface area (Å²) in [6.45, 7) is 0.414. The van der Waals surface area contributed by atoms with Gasteiger partial charge >= 0.3 is 0 Å². The lowest BCUT2D eigenvalue weighted by Crippen LogP contribution is -2.05. The molecular weight excluding hydrogens is 180 g/mol. The van der Waals surface area contributed by atoms with E-state index >= 15 is 0 Å². The van der Waals surface area contributed by atoms with Crippen LogP contribution in [0.5, 0.6) is 5.75 Å². The number of methoxy groups -OCH3 is 1. The minimum absolute atomic E-state index is 0.414. The Balaban J connectivity index is 2.43. The van der Waals surface area contributed by atoms with E-state index in [1.807, 2.05) is 24.3 Å². The highest BCUT2D eigenvalue weighted by atomic mass is 16.5. The number of aromatic nitrogens is 1. The Labute approximate surface area is 81.5 Å². The van der Waals surface area contributed by atoms with Crippen molar-refractivity contribution in [1.82, 2.24) is 10.5 Å². The van der Waals surface area contributed by atoms with E-state index in [2.05, 4.69) is 10.5 Å². The normalized spacial score (nSPS) is 10.7. The third-order valence-electron chi connectivity index (χ3n) is 2.15. The summed E-state index contributed by atoms with van der Waals surface area (Å²) < 4.78 is 5.11. The van der Waals surface area contributed by atoms with Gasteiger partial charge in [0.05, 0.1) is 13.7 Å². The highest BCUT2D eigenvalue weighted by Gasteiger charge is 2.01. The zero-order valence-corrected chi connectivity index (χ0v) is 7.87. The maximum atomic E-state index is 8.55. The molecule has 4 heteroatoms. The Morgan fingerprint density at radius 2 is 2.29 bits per heavy atom. The van der Waals surface area contributed by atoms with Gasteiger partial charge in [-0.3, -0.25) is 0 Å². The highest BCUT2D eigenvalue weighted by molar-refractivity contribution is 5.81. The lowest BCUT2D eigenvalue weighted by Gasteiger charge is -1.97. The van der Waals surface area contributed by atoms with Crippen LogP contribution < -0.4 is 10.2 Å². The summed E-state index contributed by atoms with van der Waals surface area (Å²) >= 11 is 0. The van der Waals surface area contributed by atoms with E-state index in [0.29, 0.717) is 6.54 Å². The molecule has 0 aliphatic heterocycles. The average molecular weight is 192 g/mol. The highest BCUT2D eigenvalue weighted by Crippen LogP contribution is 2.21. The molecule has 3 N–H and O–H groups in total. The molecule has 0 spiro atoms. The number of aromatic amines is 1. The molecule has 2 aromatic rings. The topological polar surface area (TPSA) is 57.3 Å². The van der Waals surface area contributed by atoms with E-state index in [1.54, 1.807) is 7.11 Å². The molecule has 0 saturated heterocycles. The van der Waals surface area contributed by atoms with Gasteiger partial charge in [0.1, 0.15) is 5.75 Å². The minimum atomic E-state index is 0.414. The SMILES string of the molecule is COc1ccc2[nH]c(CNO)cc2c1. The number of benzene rings is 1. The number of hydrogen-bond acceptors (Lipinski definition) is 3. The summed E-state index contributed by atoms with van der Waals surface area (Å²) in [4.78, 5) is 3.17. The van der Waals surface area contributed by atoms with Crippen LogP contribution in [0.4, 0.5) is 0 Å². The second kappa shape index (κ2) is 3.69. The van der Waals surface area contributed by atoms with Crippen LogP contribution in [-0.2, 0) is 6.54 Å². The first kappa shape index (κ1) is 9.05. The summed E-state index contributed by atoms with van der Waals surface area (Å²) in [6.07, 6.45) is 0. The molecule has 1 aromatic heterocycles. The van der Waals surface area contributed by atoms with Gasteiger partial charge < -0.3 is 14.9 Å². The van der Waals surface area contributed by atoms with Crippen LogP contribution in [0.1, 0.15) is 5.69 Å². The van der Waals surface area contributed by atoms with Crippen LogP contribution in [0.2, 0.25) is 0 Å². The molecule has 4 nitrogen and oxygen atoms in total. The minimum Gasteiger partial charge on any atom is -0.497 e. The van der Waals surface area contributed by atoms with E-state index in [0.717, 1.165) is 22.3 Å². The molecular formula is C10H12N2O2. The van der Waals surface area contributed by atoms with Crippen molar-refractivity contribution in [2.75, 3.05) is 7.11 Å². The standard InChI is InChI=1S/C10H12N2O2/c1-14-9-2-3-10-7(5-9)4-8(12-10)6-11-13/h2-5,11-13H,6H2,1H3. The van der Waals surface area contributed by atoms with E-state index in [4.69, 9.17) is 9.94 Å². The van der Waals surface area contributed by atoms with Crippen LogP contribution in [0.15, 0.2) is 24.3 Å². The molecule has 0 fully saturated rings. The van der Waals surface area contributed by atoms with Crippen molar-refractivity contribution in [3.63, 3.8) is 0 Å². The quantitative estimate of drug-likeness (QED) is 0.648. The molecule has 0 aliphatic rings. The smallest absolute Gasteiger partial charge is 0.119 e. The Kier molecular flexibility index (Phi) is 2.39. The number of nitrogens with one attached hydrogen (secondary N) is 2. The average Bonchev–Trinajstić information content (AvgIpc) is 2.59. The zero-order chi connectivity index (χ0) is 9.97. The van der Waals surface area contributed by atoms with Gasteiger partial charge in [-0.1, -0.05) is 0 Å². The van der Waals surface area contributed by atoms with Crippen LogP contribution in [0.3, 0.4) is 0 Å². The number of hydroxylamine groups is 1. The van der Waals surface area contributed by atoms with Crippen LogP contribution in [-0.4, -0.2) is 17.3 Å². The van der Waals surface area contributed by atoms with E-state index in [1.165, 1.54) is 0 Å². The third-order valence-corrected chi connectivity index (χ3v) is 2.15. The summed E-state index contributed by atoms with van der Waals surface area (Å²) in [7, 11) is 1.64. The largest absolute Gasteiger partial charge is 0.497 e. The van der Waals surface area contributed by atoms with E-state index < -0.39 is 0 Å². The maximum absolute atomic E-state index is 8.55. The lowest BCUT2D eigenvalue weighted by molar-refractivity contribution is 0.160.